The number of hydrogen-bond donors (Lipinski definition) is 1. The van der Waals surface area contributed by atoms with Gasteiger partial charge in [0.15, 0.2) is 0 Å². The maximum Gasteiger partial charge on any atom is 0.127 e. The first-order valence-electron chi connectivity index (χ1n) is 6.34. The van der Waals surface area contributed by atoms with E-state index < -0.39 is 0 Å². The largest absolute Gasteiger partial charge is 0.496 e. The Balaban J connectivity index is 2.08. The molecule has 4 nitrogen and oxygen atoms in total. The Hall–Kier alpha value is -1.42. The summed E-state index contributed by atoms with van der Waals surface area (Å²) in [5.74, 6) is 2.31. The van der Waals surface area contributed by atoms with Crippen molar-refractivity contribution in [3.8, 4) is 17.2 Å². The van der Waals surface area contributed by atoms with E-state index in [1.54, 1.807) is 14.2 Å². The number of methoxy groups -OCH3 is 2. The molecule has 18 heavy (non-hydrogen) atoms. The van der Waals surface area contributed by atoms with E-state index in [-0.39, 0.29) is 5.60 Å². The van der Waals surface area contributed by atoms with Crippen LogP contribution in [-0.2, 0) is 0 Å². The van der Waals surface area contributed by atoms with Gasteiger partial charge in [-0.3, -0.25) is 0 Å². The van der Waals surface area contributed by atoms with Crippen LogP contribution in [0.15, 0.2) is 18.2 Å². The van der Waals surface area contributed by atoms with Gasteiger partial charge in [-0.2, -0.15) is 0 Å². The Morgan fingerprint density at radius 2 is 1.61 bits per heavy atom. The van der Waals surface area contributed by atoms with Gasteiger partial charge < -0.3 is 19.5 Å². The fraction of sp³-hybridized carbons (Fsp3) is 0.571. The molecule has 0 radical (unpaired) electrons. The van der Waals surface area contributed by atoms with Crippen molar-refractivity contribution in [1.82, 2.24) is 5.32 Å². The molecule has 0 atom stereocenters. The third-order valence-corrected chi connectivity index (χ3v) is 3.16. The van der Waals surface area contributed by atoms with Crippen molar-refractivity contribution in [1.29, 1.82) is 0 Å². The Labute approximate surface area is 108 Å². The van der Waals surface area contributed by atoms with Gasteiger partial charge in [-0.05, 0) is 19.4 Å². The highest BCUT2D eigenvalue weighted by Crippen LogP contribution is 2.41. The summed E-state index contributed by atoms with van der Waals surface area (Å²) in [4.78, 5) is 0. The third kappa shape index (κ3) is 3.07. The van der Waals surface area contributed by atoms with Crippen molar-refractivity contribution in [2.45, 2.75) is 25.4 Å². The molecule has 0 unspecified atom stereocenters. The second-order valence-electron chi connectivity index (χ2n) is 4.61. The highest BCUT2D eigenvalue weighted by atomic mass is 16.5. The van der Waals surface area contributed by atoms with Crippen molar-refractivity contribution in [2.75, 3.05) is 27.3 Å². The molecular weight excluding hydrogens is 230 g/mol. The fourth-order valence-electron chi connectivity index (χ4n) is 1.90. The third-order valence-electron chi connectivity index (χ3n) is 3.16. The Morgan fingerprint density at radius 1 is 1.06 bits per heavy atom. The monoisotopic (exact) mass is 251 g/mol. The van der Waals surface area contributed by atoms with Gasteiger partial charge in [0.2, 0.25) is 0 Å². The lowest BCUT2D eigenvalue weighted by molar-refractivity contribution is 0.175. The van der Waals surface area contributed by atoms with E-state index in [9.17, 15) is 0 Å². The lowest BCUT2D eigenvalue weighted by Gasteiger charge is -2.19. The zero-order chi connectivity index (χ0) is 13.0. The molecule has 1 aliphatic carbocycles. The summed E-state index contributed by atoms with van der Waals surface area (Å²) in [6.45, 7) is 3.96. The Morgan fingerprint density at radius 3 is 2.06 bits per heavy atom. The molecule has 0 heterocycles. The van der Waals surface area contributed by atoms with Gasteiger partial charge in [0.1, 0.15) is 22.8 Å². The summed E-state index contributed by atoms with van der Waals surface area (Å²) in [6, 6.07) is 5.64. The first-order chi connectivity index (χ1) is 8.71. The maximum absolute atomic E-state index is 6.08. The van der Waals surface area contributed by atoms with Crippen molar-refractivity contribution in [2.24, 2.45) is 0 Å². The van der Waals surface area contributed by atoms with Gasteiger partial charge in [0.25, 0.3) is 0 Å². The van der Waals surface area contributed by atoms with E-state index in [0.717, 1.165) is 43.2 Å². The number of rotatable bonds is 7. The molecule has 0 aliphatic heterocycles. The van der Waals surface area contributed by atoms with Crippen molar-refractivity contribution >= 4 is 0 Å². The standard InChI is InChI=1S/C14H21NO3/c1-4-15-10-14(5-6-14)18-13-8-11(16-2)7-12(9-13)17-3/h7-9,15H,4-6,10H2,1-3H3. The lowest BCUT2D eigenvalue weighted by Crippen LogP contribution is -2.33. The second kappa shape index (κ2) is 5.48. The molecule has 0 amide bonds. The molecule has 1 aromatic carbocycles. The van der Waals surface area contributed by atoms with E-state index in [4.69, 9.17) is 14.2 Å². The summed E-state index contributed by atoms with van der Waals surface area (Å²) >= 11 is 0. The molecule has 0 spiro atoms. The van der Waals surface area contributed by atoms with Crippen LogP contribution in [0.5, 0.6) is 17.2 Å². The number of hydrogen-bond acceptors (Lipinski definition) is 4. The van der Waals surface area contributed by atoms with E-state index >= 15 is 0 Å². The normalized spacial score (nSPS) is 16.2. The highest BCUT2D eigenvalue weighted by Gasteiger charge is 2.45. The van der Waals surface area contributed by atoms with Crippen LogP contribution in [0.2, 0.25) is 0 Å². The minimum absolute atomic E-state index is 0.0343. The van der Waals surface area contributed by atoms with Crippen molar-refractivity contribution < 1.29 is 14.2 Å². The molecule has 1 aromatic rings. The lowest BCUT2D eigenvalue weighted by atomic mass is 10.2. The van der Waals surface area contributed by atoms with Gasteiger partial charge >= 0.3 is 0 Å². The number of benzene rings is 1. The van der Waals surface area contributed by atoms with Gasteiger partial charge in [-0.15, -0.1) is 0 Å². The summed E-state index contributed by atoms with van der Waals surface area (Å²) in [6.07, 6.45) is 2.19. The SMILES string of the molecule is CCNCC1(Oc2cc(OC)cc(OC)c2)CC1. The first-order valence-corrected chi connectivity index (χ1v) is 6.34. The zero-order valence-electron chi connectivity index (χ0n) is 11.3. The molecule has 0 bridgehead atoms. The van der Waals surface area contributed by atoms with Crippen molar-refractivity contribution in [3.05, 3.63) is 18.2 Å². The smallest absolute Gasteiger partial charge is 0.127 e. The van der Waals surface area contributed by atoms with E-state index in [0.29, 0.717) is 0 Å². The predicted octanol–water partition coefficient (Wildman–Crippen LogP) is 2.22. The van der Waals surface area contributed by atoms with Crippen LogP contribution < -0.4 is 19.5 Å². The second-order valence-corrected chi connectivity index (χ2v) is 4.61. The van der Waals surface area contributed by atoms with E-state index in [1.807, 2.05) is 18.2 Å². The number of likely N-dealkylation sites (N-methyl/N-ethyl adjacent to an activating group) is 1. The molecule has 1 fully saturated rings. The average molecular weight is 251 g/mol. The molecule has 1 aliphatic rings. The molecular formula is C14H21NO3. The van der Waals surface area contributed by atoms with Crippen LogP contribution in [0.25, 0.3) is 0 Å². The topological polar surface area (TPSA) is 39.7 Å². The number of ether oxygens (including phenoxy) is 3. The predicted molar refractivity (Wildman–Crippen MR) is 70.7 cm³/mol. The van der Waals surface area contributed by atoms with Crippen LogP contribution >= 0.6 is 0 Å². The minimum Gasteiger partial charge on any atom is -0.496 e. The summed E-state index contributed by atoms with van der Waals surface area (Å²) in [7, 11) is 3.29. The van der Waals surface area contributed by atoms with Crippen LogP contribution in [0.4, 0.5) is 0 Å². The van der Waals surface area contributed by atoms with Gasteiger partial charge in [-0.1, -0.05) is 6.92 Å². The Bertz CT molecular complexity index is 380. The quantitative estimate of drug-likeness (QED) is 0.806. The van der Waals surface area contributed by atoms with Crippen LogP contribution in [0, 0.1) is 0 Å². The molecule has 2 rings (SSSR count). The first kappa shape index (κ1) is 13.0. The van der Waals surface area contributed by atoms with Crippen LogP contribution in [0.3, 0.4) is 0 Å². The molecule has 1 N–H and O–H groups in total. The fourth-order valence-corrected chi connectivity index (χ4v) is 1.90. The summed E-state index contributed by atoms with van der Waals surface area (Å²) < 4.78 is 16.6. The average Bonchev–Trinajstić information content (AvgIpc) is 3.16. The van der Waals surface area contributed by atoms with Gasteiger partial charge in [-0.25, -0.2) is 0 Å². The van der Waals surface area contributed by atoms with E-state index in [1.165, 1.54) is 0 Å². The molecule has 1 saturated carbocycles. The van der Waals surface area contributed by atoms with Crippen LogP contribution in [0.1, 0.15) is 19.8 Å². The van der Waals surface area contributed by atoms with Gasteiger partial charge in [0, 0.05) is 24.7 Å². The summed E-state index contributed by atoms with van der Waals surface area (Å²) in [5, 5.41) is 3.34. The van der Waals surface area contributed by atoms with Gasteiger partial charge in [0.05, 0.1) is 14.2 Å². The number of nitrogens with one attached hydrogen (secondary N) is 1. The highest BCUT2D eigenvalue weighted by molar-refractivity contribution is 5.42. The minimum atomic E-state index is -0.0343. The van der Waals surface area contributed by atoms with E-state index in [2.05, 4.69) is 12.2 Å². The molecule has 0 saturated heterocycles. The summed E-state index contributed by atoms with van der Waals surface area (Å²) in [5.41, 5.74) is -0.0343. The maximum atomic E-state index is 6.08. The molecule has 4 heteroatoms. The molecule has 100 valence electrons. The molecule has 0 aromatic heterocycles. The van der Waals surface area contributed by atoms with Crippen LogP contribution in [-0.4, -0.2) is 32.9 Å². The zero-order valence-corrected chi connectivity index (χ0v) is 11.3. The van der Waals surface area contributed by atoms with Crippen molar-refractivity contribution in [3.63, 3.8) is 0 Å². The Kier molecular flexibility index (Phi) is 3.97.